The van der Waals surface area contributed by atoms with Crippen molar-refractivity contribution < 1.29 is 30.4 Å². The number of allylic oxidation sites excluding steroid dienone is 4. The van der Waals surface area contributed by atoms with Crippen LogP contribution in [-0.2, 0) is 30.4 Å². The van der Waals surface area contributed by atoms with Crippen LogP contribution in [0, 0.1) is 0 Å². The standard InChI is InChI=1S/C13H21.3CO.Fe/c1-3-5-8-12-10-7-11-13(12)9-6-4-2;3*1-2;/h10H,3-9H2,1-2H3;;;;. The van der Waals surface area contributed by atoms with Gasteiger partial charge in [0, 0.05) is 0 Å². The first-order valence-electron chi connectivity index (χ1n) is 6.46. The molecule has 0 N–H and O–H groups in total. The maximum Gasteiger partial charge on any atom is 0.281 e. The molecule has 0 saturated heterocycles. The Kier molecular flexibility index (Phi) is 24.5. The molecule has 1 aliphatic carbocycles. The van der Waals surface area contributed by atoms with Gasteiger partial charge in [-0.1, -0.05) is 0 Å². The molecule has 6 radical (unpaired) electrons. The fourth-order valence-corrected chi connectivity index (χ4v) is 2.32. The first kappa shape index (κ1) is 24.1. The molecule has 20 heavy (non-hydrogen) atoms. The summed E-state index contributed by atoms with van der Waals surface area (Å²) < 4.78 is 1.38. The van der Waals surface area contributed by atoms with Gasteiger partial charge in [-0.05, 0) is 0 Å². The fourth-order valence-electron chi connectivity index (χ4n) is 1.89. The third-order valence-electron chi connectivity index (χ3n) is 2.81. The minimum atomic E-state index is 1.11. The van der Waals surface area contributed by atoms with Gasteiger partial charge in [0.1, 0.15) is 0 Å². The molecule has 111 valence electrons. The number of carbonyl (C=O) groups excluding carboxylic acids is 3. The van der Waals surface area contributed by atoms with Gasteiger partial charge < -0.3 is 0 Å². The molecule has 0 aromatic carbocycles. The molecule has 0 fully saturated rings. The molecule has 0 saturated carbocycles. The second-order valence-corrected chi connectivity index (χ2v) is 4.68. The minimum absolute atomic E-state index is 1.11. The van der Waals surface area contributed by atoms with Crippen molar-refractivity contribution >= 4 is 20.4 Å². The number of hydrogen-bond acceptors (Lipinski definition) is 3. The van der Waals surface area contributed by atoms with Crippen LogP contribution in [0.4, 0.5) is 0 Å². The van der Waals surface area contributed by atoms with Gasteiger partial charge in [-0.3, -0.25) is 14.4 Å². The molecule has 0 unspecified atom stereocenters. The predicted molar refractivity (Wildman–Crippen MR) is 75.9 cm³/mol. The van der Waals surface area contributed by atoms with Gasteiger partial charge in [0.05, 0.1) is 0 Å². The van der Waals surface area contributed by atoms with Crippen molar-refractivity contribution in [1.29, 1.82) is 0 Å². The Hall–Kier alpha value is -0.991. The van der Waals surface area contributed by atoms with Crippen molar-refractivity contribution in [2.45, 2.75) is 58.8 Å². The van der Waals surface area contributed by atoms with E-state index in [2.05, 4.69) is 56.3 Å². The average Bonchev–Trinajstić information content (AvgIpc) is 2.89. The first-order chi connectivity index (χ1) is 9.79. The van der Waals surface area contributed by atoms with Crippen LogP contribution in [0.3, 0.4) is 0 Å². The monoisotopic (exact) mass is 317 g/mol. The van der Waals surface area contributed by atoms with Gasteiger partial charge >= 0.3 is 96.5 Å². The molecule has 0 heterocycles. The van der Waals surface area contributed by atoms with E-state index in [0.717, 1.165) is 6.42 Å². The summed E-state index contributed by atoms with van der Waals surface area (Å²) in [5.41, 5.74) is 3.19. The van der Waals surface area contributed by atoms with Gasteiger partial charge in [0.15, 0.2) is 0 Å². The molecule has 0 aromatic rings. The van der Waals surface area contributed by atoms with Crippen LogP contribution in [-0.4, -0.2) is 20.4 Å². The number of unbranched alkanes of at least 4 members (excludes halogenated alkanes) is 2. The molecule has 0 amide bonds. The zero-order valence-electron chi connectivity index (χ0n) is 12.1. The van der Waals surface area contributed by atoms with Crippen LogP contribution in [0.15, 0.2) is 21.7 Å². The van der Waals surface area contributed by atoms with E-state index >= 15 is 0 Å². The largest absolute Gasteiger partial charge is 0.281 e. The Morgan fingerprint density at radius 2 is 1.40 bits per heavy atom. The summed E-state index contributed by atoms with van der Waals surface area (Å²) in [4.78, 5) is 22.5. The molecular formula is C16H21FeO3. The molecule has 1 aliphatic rings. The zero-order chi connectivity index (χ0) is 16.4. The number of rotatable bonds is 6. The van der Waals surface area contributed by atoms with Crippen LogP contribution in [0.1, 0.15) is 58.8 Å². The summed E-state index contributed by atoms with van der Waals surface area (Å²) in [6.45, 7) is 18.0. The van der Waals surface area contributed by atoms with Gasteiger partial charge in [-0.15, -0.1) is 0 Å². The summed E-state index contributed by atoms with van der Waals surface area (Å²) in [6.07, 6.45) is 11.3. The molecule has 0 bridgehead atoms. The normalized spacial score (nSPS) is 12.1. The van der Waals surface area contributed by atoms with Crippen LogP contribution >= 0.6 is 0 Å². The molecule has 0 spiro atoms. The molecule has 0 aliphatic heterocycles. The minimum Gasteiger partial charge on any atom is -0.281 e. The molecule has 0 atom stereocenters. The van der Waals surface area contributed by atoms with Gasteiger partial charge in [0.2, 0.25) is 0 Å². The van der Waals surface area contributed by atoms with Crippen molar-refractivity contribution in [2.75, 3.05) is 0 Å². The molecule has 3 nitrogen and oxygen atoms in total. The van der Waals surface area contributed by atoms with Gasteiger partial charge in [-0.2, -0.15) is 0 Å². The Bertz CT molecular complexity index is 281. The van der Waals surface area contributed by atoms with Crippen molar-refractivity contribution in [2.24, 2.45) is 0 Å². The van der Waals surface area contributed by atoms with Crippen LogP contribution in [0.2, 0.25) is 0 Å². The van der Waals surface area contributed by atoms with Crippen LogP contribution in [0.5, 0.6) is 0 Å². The van der Waals surface area contributed by atoms with E-state index < -0.39 is 0 Å². The van der Waals surface area contributed by atoms with Crippen molar-refractivity contribution in [1.82, 2.24) is 0 Å². The average molecular weight is 317 g/mol. The third kappa shape index (κ3) is 10.9. The summed E-state index contributed by atoms with van der Waals surface area (Å²) in [5, 5.41) is 0. The van der Waals surface area contributed by atoms with Crippen molar-refractivity contribution in [3.8, 4) is 0 Å². The van der Waals surface area contributed by atoms with Gasteiger partial charge in [0.25, 0.3) is 20.4 Å². The second-order valence-electron chi connectivity index (χ2n) is 4.01. The molecular weight excluding hydrogens is 296 g/mol. The quantitative estimate of drug-likeness (QED) is 0.706. The van der Waals surface area contributed by atoms with E-state index in [1.54, 1.807) is 11.1 Å². The molecule has 4 heteroatoms. The maximum absolute atomic E-state index is 7.50. The third-order valence-corrected chi connectivity index (χ3v) is 3.37. The summed E-state index contributed by atoms with van der Waals surface area (Å²) in [7, 11) is 0. The Labute approximate surface area is 131 Å². The van der Waals surface area contributed by atoms with E-state index in [-0.39, 0.29) is 0 Å². The topological polar surface area (TPSA) is 51.2 Å². The fraction of sp³-hybridized carbons (Fsp3) is 0.562. The summed E-state index contributed by atoms with van der Waals surface area (Å²) >= 11 is 4.16. The van der Waals surface area contributed by atoms with E-state index in [0.29, 0.717) is 0 Å². The molecule has 1 rings (SSSR count). The van der Waals surface area contributed by atoms with Gasteiger partial charge in [-0.25, -0.2) is 0 Å². The van der Waals surface area contributed by atoms with E-state index in [1.807, 2.05) is 0 Å². The summed E-state index contributed by atoms with van der Waals surface area (Å²) in [5.74, 6) is 0. The van der Waals surface area contributed by atoms with Crippen molar-refractivity contribution in [3.63, 3.8) is 0 Å². The van der Waals surface area contributed by atoms with E-state index in [1.165, 1.54) is 43.0 Å². The van der Waals surface area contributed by atoms with E-state index in [9.17, 15) is 0 Å². The smallest absolute Gasteiger partial charge is 0.281 e. The SMILES string of the molecule is CCCCC1=CC[C]([Fe])=C1CCCC.[C]=O.[C]=O.[C]=O. The van der Waals surface area contributed by atoms with Crippen LogP contribution in [0.25, 0.3) is 0 Å². The Morgan fingerprint density at radius 3 is 1.85 bits per heavy atom. The first-order valence-corrected chi connectivity index (χ1v) is 7.01. The van der Waals surface area contributed by atoms with Crippen LogP contribution < -0.4 is 0 Å². The predicted octanol–water partition coefficient (Wildman–Crippen LogP) is 3.31. The number of hydrogen-bond donors (Lipinski definition) is 0. The molecule has 0 aromatic heterocycles. The van der Waals surface area contributed by atoms with E-state index in [4.69, 9.17) is 14.4 Å². The Morgan fingerprint density at radius 1 is 0.950 bits per heavy atom. The Balaban J connectivity index is -0.000000425. The van der Waals surface area contributed by atoms with Crippen molar-refractivity contribution in [3.05, 3.63) is 21.7 Å². The maximum atomic E-state index is 7.50. The zero-order valence-corrected chi connectivity index (χ0v) is 13.2. The second kappa shape index (κ2) is 20.3. The summed E-state index contributed by atoms with van der Waals surface area (Å²) in [6, 6.07) is 0.